The molecule has 0 spiro atoms. The summed E-state index contributed by atoms with van der Waals surface area (Å²) in [6.45, 7) is 1.14. The van der Waals surface area contributed by atoms with Gasteiger partial charge in [0.25, 0.3) is 5.91 Å². The Kier molecular flexibility index (Phi) is 4.57. The third-order valence-corrected chi connectivity index (χ3v) is 3.81. The number of benzene rings is 1. The Morgan fingerprint density at radius 1 is 1.55 bits per heavy atom. The number of amides is 1. The van der Waals surface area contributed by atoms with E-state index in [-0.39, 0.29) is 17.7 Å². The van der Waals surface area contributed by atoms with Crippen LogP contribution >= 0.6 is 0 Å². The normalized spacial score (nSPS) is 22.9. The molecule has 4 N–H and O–H groups in total. The molecule has 1 fully saturated rings. The highest BCUT2D eigenvalue weighted by molar-refractivity contribution is 5.98. The van der Waals surface area contributed by atoms with E-state index in [0.717, 1.165) is 12.8 Å². The molecular formula is C14H20FN3O2. The molecule has 110 valence electrons. The van der Waals surface area contributed by atoms with Crippen LogP contribution in [0.15, 0.2) is 18.2 Å². The molecule has 2 atom stereocenters. The van der Waals surface area contributed by atoms with Gasteiger partial charge in [0.1, 0.15) is 5.82 Å². The largest absolute Gasteiger partial charge is 0.381 e. The number of hydrogen-bond acceptors (Lipinski definition) is 4. The van der Waals surface area contributed by atoms with Crippen LogP contribution in [0, 0.1) is 5.82 Å². The first kappa shape index (κ1) is 14.7. The number of halogens is 1. The molecule has 6 heteroatoms. The summed E-state index contributed by atoms with van der Waals surface area (Å²) in [6.07, 6.45) is 1.78. The van der Waals surface area contributed by atoms with Gasteiger partial charge in [0, 0.05) is 26.2 Å². The number of nitrogens with zero attached hydrogens (tertiary/aromatic N) is 1. The minimum Gasteiger partial charge on any atom is -0.381 e. The number of ether oxygens (including phenoxy) is 1. The lowest BCUT2D eigenvalue weighted by Gasteiger charge is -2.40. The summed E-state index contributed by atoms with van der Waals surface area (Å²) in [7, 11) is 1.68. The second-order valence-electron chi connectivity index (χ2n) is 4.99. The fourth-order valence-electron chi connectivity index (χ4n) is 2.72. The summed E-state index contributed by atoms with van der Waals surface area (Å²) in [6, 6.07) is 4.15. The zero-order valence-corrected chi connectivity index (χ0v) is 11.5. The van der Waals surface area contributed by atoms with Crippen LogP contribution in [0.1, 0.15) is 23.2 Å². The maximum absolute atomic E-state index is 13.3. The maximum atomic E-state index is 13.3. The van der Waals surface area contributed by atoms with E-state index in [1.807, 2.05) is 4.90 Å². The number of carbonyl (C=O) groups excluding carboxylic acids is 1. The lowest BCUT2D eigenvalue weighted by atomic mass is 9.97. The summed E-state index contributed by atoms with van der Waals surface area (Å²) in [5.41, 5.74) is 12.0. The predicted octanol–water partition coefficient (Wildman–Crippen LogP) is 0.867. The lowest BCUT2D eigenvalue weighted by molar-refractivity contribution is 0.0709. The number of piperidine rings is 1. The third-order valence-electron chi connectivity index (χ3n) is 3.81. The highest BCUT2D eigenvalue weighted by Crippen LogP contribution is 2.29. The van der Waals surface area contributed by atoms with Crippen molar-refractivity contribution >= 4 is 11.6 Å². The quantitative estimate of drug-likeness (QED) is 0.858. The highest BCUT2D eigenvalue weighted by atomic mass is 19.1. The van der Waals surface area contributed by atoms with Gasteiger partial charge in [-0.25, -0.2) is 4.39 Å². The third kappa shape index (κ3) is 2.91. The van der Waals surface area contributed by atoms with Crippen molar-refractivity contribution < 1.29 is 13.9 Å². The molecule has 1 saturated heterocycles. The number of nitrogens with two attached hydrogens (primary N) is 2. The molecule has 1 heterocycles. The van der Waals surface area contributed by atoms with Crippen molar-refractivity contribution in [3.8, 4) is 0 Å². The molecule has 1 aromatic rings. The Bertz CT molecular complexity index is 495. The van der Waals surface area contributed by atoms with Crippen LogP contribution in [0.3, 0.4) is 0 Å². The lowest BCUT2D eigenvalue weighted by Crippen LogP contribution is -2.49. The molecule has 20 heavy (non-hydrogen) atoms. The van der Waals surface area contributed by atoms with Gasteiger partial charge < -0.3 is 21.1 Å². The Morgan fingerprint density at radius 3 is 2.90 bits per heavy atom. The standard InChI is InChI=1S/C14H20FN3O2/c1-20-11-4-5-18(10(7-11)8-16)13-3-2-9(15)6-12(13)14(17)19/h2-3,6,10-11H,4-5,7-8,16H2,1H3,(H2,17,19). The Labute approximate surface area is 117 Å². The van der Waals surface area contributed by atoms with Gasteiger partial charge in [0.15, 0.2) is 0 Å². The number of hydrogen-bond donors (Lipinski definition) is 2. The monoisotopic (exact) mass is 281 g/mol. The van der Waals surface area contributed by atoms with Crippen molar-refractivity contribution in [1.82, 2.24) is 0 Å². The van der Waals surface area contributed by atoms with Crippen molar-refractivity contribution in [1.29, 1.82) is 0 Å². The number of rotatable bonds is 4. The Hall–Kier alpha value is -1.66. The number of anilines is 1. The minimum absolute atomic E-state index is 0.0530. The van der Waals surface area contributed by atoms with E-state index >= 15 is 0 Å². The predicted molar refractivity (Wildman–Crippen MR) is 75.1 cm³/mol. The van der Waals surface area contributed by atoms with E-state index in [9.17, 15) is 9.18 Å². The van der Waals surface area contributed by atoms with Gasteiger partial charge in [-0.3, -0.25) is 4.79 Å². The average Bonchev–Trinajstić information content (AvgIpc) is 2.46. The van der Waals surface area contributed by atoms with Crippen LogP contribution in [0.5, 0.6) is 0 Å². The first-order valence-corrected chi connectivity index (χ1v) is 6.65. The van der Waals surface area contributed by atoms with Crippen molar-refractivity contribution in [2.24, 2.45) is 11.5 Å². The molecule has 1 aliphatic rings. The van der Waals surface area contributed by atoms with Gasteiger partial charge in [0.05, 0.1) is 17.4 Å². The van der Waals surface area contributed by atoms with Gasteiger partial charge in [-0.15, -0.1) is 0 Å². The average molecular weight is 281 g/mol. The molecule has 0 bridgehead atoms. The Balaban J connectivity index is 2.33. The van der Waals surface area contributed by atoms with Gasteiger partial charge in [-0.2, -0.15) is 0 Å². The molecule has 1 aliphatic heterocycles. The zero-order valence-electron chi connectivity index (χ0n) is 11.5. The second-order valence-corrected chi connectivity index (χ2v) is 4.99. The molecule has 0 aliphatic carbocycles. The summed E-state index contributed by atoms with van der Waals surface area (Å²) in [5.74, 6) is -1.11. The van der Waals surface area contributed by atoms with Crippen LogP contribution in [-0.2, 0) is 4.74 Å². The zero-order chi connectivity index (χ0) is 14.7. The van der Waals surface area contributed by atoms with Crippen molar-refractivity contribution in [3.05, 3.63) is 29.6 Å². The Morgan fingerprint density at radius 2 is 2.30 bits per heavy atom. The SMILES string of the molecule is COC1CCN(c2ccc(F)cc2C(N)=O)C(CN)C1. The molecule has 1 amide bonds. The topological polar surface area (TPSA) is 81.6 Å². The molecule has 5 nitrogen and oxygen atoms in total. The molecule has 0 radical (unpaired) electrons. The first-order valence-electron chi connectivity index (χ1n) is 6.65. The number of primary amides is 1. The number of carbonyl (C=O) groups is 1. The molecule has 1 aromatic carbocycles. The summed E-state index contributed by atoms with van der Waals surface area (Å²) >= 11 is 0. The van der Waals surface area contributed by atoms with E-state index in [1.165, 1.54) is 12.1 Å². The smallest absolute Gasteiger partial charge is 0.250 e. The van der Waals surface area contributed by atoms with E-state index in [2.05, 4.69) is 0 Å². The molecular weight excluding hydrogens is 261 g/mol. The van der Waals surface area contributed by atoms with Crippen LogP contribution in [0.4, 0.5) is 10.1 Å². The fraction of sp³-hybridized carbons (Fsp3) is 0.500. The molecule has 0 aromatic heterocycles. The van der Waals surface area contributed by atoms with E-state index < -0.39 is 11.7 Å². The highest BCUT2D eigenvalue weighted by Gasteiger charge is 2.29. The van der Waals surface area contributed by atoms with Crippen LogP contribution in [0.25, 0.3) is 0 Å². The van der Waals surface area contributed by atoms with E-state index in [0.29, 0.717) is 18.8 Å². The molecule has 2 unspecified atom stereocenters. The van der Waals surface area contributed by atoms with Crippen molar-refractivity contribution in [2.45, 2.75) is 25.0 Å². The van der Waals surface area contributed by atoms with Crippen LogP contribution in [-0.4, -0.2) is 38.3 Å². The van der Waals surface area contributed by atoms with Crippen LogP contribution in [0.2, 0.25) is 0 Å². The second kappa shape index (κ2) is 6.19. The van der Waals surface area contributed by atoms with Crippen molar-refractivity contribution in [3.63, 3.8) is 0 Å². The summed E-state index contributed by atoms with van der Waals surface area (Å²) < 4.78 is 18.7. The van der Waals surface area contributed by atoms with Gasteiger partial charge in [0.2, 0.25) is 0 Å². The minimum atomic E-state index is -0.635. The van der Waals surface area contributed by atoms with Gasteiger partial charge >= 0.3 is 0 Å². The summed E-state index contributed by atoms with van der Waals surface area (Å²) in [4.78, 5) is 13.5. The molecule has 0 saturated carbocycles. The van der Waals surface area contributed by atoms with Gasteiger partial charge in [-0.1, -0.05) is 0 Å². The van der Waals surface area contributed by atoms with Crippen LogP contribution < -0.4 is 16.4 Å². The first-order chi connectivity index (χ1) is 9.56. The molecule has 2 rings (SSSR count). The fourth-order valence-corrected chi connectivity index (χ4v) is 2.72. The number of methoxy groups -OCH3 is 1. The van der Waals surface area contributed by atoms with Crippen molar-refractivity contribution in [2.75, 3.05) is 25.1 Å². The van der Waals surface area contributed by atoms with E-state index in [4.69, 9.17) is 16.2 Å². The maximum Gasteiger partial charge on any atom is 0.250 e. The van der Waals surface area contributed by atoms with Gasteiger partial charge in [-0.05, 0) is 31.0 Å². The van der Waals surface area contributed by atoms with E-state index in [1.54, 1.807) is 13.2 Å². The summed E-state index contributed by atoms with van der Waals surface area (Å²) in [5, 5.41) is 0.